The molecular weight excluding hydrogens is 306 g/mol. The average Bonchev–Trinajstić information content (AvgIpc) is 3.04. The number of ketones is 1. The molecule has 1 aliphatic rings. The van der Waals surface area contributed by atoms with Crippen molar-refractivity contribution >= 4 is 11.9 Å². The predicted octanol–water partition coefficient (Wildman–Crippen LogP) is 2.99. The highest BCUT2D eigenvalue weighted by Crippen LogP contribution is 2.21. The van der Waals surface area contributed by atoms with Gasteiger partial charge in [0, 0.05) is 6.42 Å². The van der Waals surface area contributed by atoms with Crippen LogP contribution in [0.2, 0.25) is 0 Å². The molecule has 2 aromatic rings. The second-order valence-corrected chi connectivity index (χ2v) is 5.62. The van der Waals surface area contributed by atoms with Gasteiger partial charge in [0.05, 0.1) is 12.1 Å². The number of carbonyl (C=O) groups excluding carboxylic acids is 2. The van der Waals surface area contributed by atoms with Gasteiger partial charge in [-0.15, -0.1) is 0 Å². The third-order valence-corrected chi connectivity index (χ3v) is 3.84. The zero-order valence-corrected chi connectivity index (χ0v) is 13.2. The highest BCUT2D eigenvalue weighted by Gasteiger charge is 2.23. The van der Waals surface area contributed by atoms with Crippen LogP contribution in [-0.4, -0.2) is 31.1 Å². The fourth-order valence-corrected chi connectivity index (χ4v) is 2.57. The van der Waals surface area contributed by atoms with Gasteiger partial charge in [-0.05, 0) is 24.1 Å². The van der Waals surface area contributed by atoms with E-state index in [0.29, 0.717) is 30.7 Å². The average molecular weight is 325 g/mol. The first-order valence-corrected chi connectivity index (χ1v) is 7.96. The van der Waals surface area contributed by atoms with Gasteiger partial charge >= 0.3 is 6.09 Å². The second-order valence-electron chi connectivity index (χ2n) is 5.62. The van der Waals surface area contributed by atoms with E-state index >= 15 is 0 Å². The number of ether oxygens (including phenoxy) is 2. The van der Waals surface area contributed by atoms with Gasteiger partial charge in [-0.25, -0.2) is 4.79 Å². The van der Waals surface area contributed by atoms with Crippen LogP contribution in [-0.2, 0) is 11.2 Å². The lowest BCUT2D eigenvalue weighted by Gasteiger charge is -2.13. The first kappa shape index (κ1) is 16.1. The van der Waals surface area contributed by atoms with Crippen LogP contribution in [0.3, 0.4) is 0 Å². The van der Waals surface area contributed by atoms with Crippen molar-refractivity contribution in [2.75, 3.05) is 13.2 Å². The maximum absolute atomic E-state index is 12.5. The fourth-order valence-electron chi connectivity index (χ4n) is 2.57. The number of Topliss-reactive ketones (excluding diaryl/α,β-unsaturated/α-hetero) is 1. The van der Waals surface area contributed by atoms with Gasteiger partial charge in [-0.3, -0.25) is 4.79 Å². The zero-order valence-electron chi connectivity index (χ0n) is 13.2. The number of cyclic esters (lactones) is 1. The Labute approximate surface area is 140 Å². The van der Waals surface area contributed by atoms with Crippen LogP contribution in [0.4, 0.5) is 4.79 Å². The third kappa shape index (κ3) is 4.13. The maximum atomic E-state index is 12.5. The summed E-state index contributed by atoms with van der Waals surface area (Å²) in [5.41, 5.74) is 1.69. The lowest BCUT2D eigenvalue weighted by Crippen LogP contribution is -2.22. The van der Waals surface area contributed by atoms with Crippen LogP contribution in [0.5, 0.6) is 5.75 Å². The SMILES string of the molecule is O=C1NCC(COc2ccccc2C(=O)CCc2ccccc2)O1. The summed E-state index contributed by atoms with van der Waals surface area (Å²) in [6.07, 6.45) is 0.350. The quantitative estimate of drug-likeness (QED) is 0.795. The molecule has 1 N–H and O–H groups in total. The highest BCUT2D eigenvalue weighted by molar-refractivity contribution is 5.98. The molecule has 0 aromatic heterocycles. The van der Waals surface area contributed by atoms with Crippen molar-refractivity contribution in [3.8, 4) is 5.75 Å². The summed E-state index contributed by atoms with van der Waals surface area (Å²) in [6, 6.07) is 17.1. The van der Waals surface area contributed by atoms with Crippen molar-refractivity contribution in [3.63, 3.8) is 0 Å². The maximum Gasteiger partial charge on any atom is 0.407 e. The molecule has 1 amide bonds. The van der Waals surface area contributed by atoms with Gasteiger partial charge < -0.3 is 14.8 Å². The van der Waals surface area contributed by atoms with Crippen LogP contribution >= 0.6 is 0 Å². The number of amides is 1. The van der Waals surface area contributed by atoms with Crippen molar-refractivity contribution in [3.05, 3.63) is 65.7 Å². The molecular formula is C19H19NO4. The van der Waals surface area contributed by atoms with Gasteiger partial charge in [0.15, 0.2) is 11.9 Å². The summed E-state index contributed by atoms with van der Waals surface area (Å²) in [6.45, 7) is 0.644. The number of aryl methyl sites for hydroxylation is 1. The largest absolute Gasteiger partial charge is 0.489 e. The molecule has 1 fully saturated rings. The van der Waals surface area contributed by atoms with E-state index in [1.807, 2.05) is 42.5 Å². The van der Waals surface area contributed by atoms with Gasteiger partial charge in [-0.1, -0.05) is 42.5 Å². The number of hydrogen-bond acceptors (Lipinski definition) is 4. The molecule has 5 heteroatoms. The molecule has 24 heavy (non-hydrogen) atoms. The van der Waals surface area contributed by atoms with Gasteiger partial charge in [-0.2, -0.15) is 0 Å². The van der Waals surface area contributed by atoms with E-state index in [1.165, 1.54) is 0 Å². The first-order valence-electron chi connectivity index (χ1n) is 7.96. The monoisotopic (exact) mass is 325 g/mol. The molecule has 0 radical (unpaired) electrons. The van der Waals surface area contributed by atoms with E-state index in [2.05, 4.69) is 5.32 Å². The van der Waals surface area contributed by atoms with E-state index in [9.17, 15) is 9.59 Å². The smallest absolute Gasteiger partial charge is 0.407 e. The van der Waals surface area contributed by atoms with Crippen LogP contribution in [0.1, 0.15) is 22.3 Å². The summed E-state index contributed by atoms with van der Waals surface area (Å²) >= 11 is 0. The normalized spacial score (nSPS) is 16.3. The molecule has 0 aliphatic carbocycles. The Morgan fingerprint density at radius 2 is 1.88 bits per heavy atom. The first-order chi connectivity index (χ1) is 11.7. The number of para-hydroxylation sites is 1. The molecule has 0 saturated carbocycles. The summed E-state index contributed by atoms with van der Waals surface area (Å²) in [5.74, 6) is 0.564. The Morgan fingerprint density at radius 3 is 2.62 bits per heavy atom. The van der Waals surface area contributed by atoms with E-state index in [1.54, 1.807) is 12.1 Å². The van der Waals surface area contributed by atoms with Gasteiger partial charge in [0.1, 0.15) is 12.4 Å². The molecule has 1 heterocycles. The summed E-state index contributed by atoms with van der Waals surface area (Å²) < 4.78 is 10.7. The topological polar surface area (TPSA) is 64.6 Å². The fraction of sp³-hybridized carbons (Fsp3) is 0.263. The van der Waals surface area contributed by atoms with E-state index in [4.69, 9.17) is 9.47 Å². The molecule has 1 saturated heterocycles. The standard InChI is InChI=1S/C19H19NO4/c21-17(11-10-14-6-2-1-3-7-14)16-8-4-5-9-18(16)23-13-15-12-20-19(22)24-15/h1-9,15H,10-13H2,(H,20,22). The Bertz CT molecular complexity index is 714. The van der Waals surface area contributed by atoms with E-state index in [-0.39, 0.29) is 18.5 Å². The minimum atomic E-state index is -0.434. The van der Waals surface area contributed by atoms with Gasteiger partial charge in [0.25, 0.3) is 0 Å². The minimum Gasteiger partial charge on any atom is -0.489 e. The summed E-state index contributed by atoms with van der Waals surface area (Å²) in [4.78, 5) is 23.5. The van der Waals surface area contributed by atoms with Crippen LogP contribution < -0.4 is 10.1 Å². The molecule has 0 bridgehead atoms. The lowest BCUT2D eigenvalue weighted by molar-refractivity contribution is 0.0951. The van der Waals surface area contributed by atoms with E-state index in [0.717, 1.165) is 5.56 Å². The Kier molecular flexibility index (Phi) is 5.11. The molecule has 5 nitrogen and oxygen atoms in total. The predicted molar refractivity (Wildman–Crippen MR) is 89.3 cm³/mol. The molecule has 1 aliphatic heterocycles. The number of rotatable bonds is 7. The second kappa shape index (κ2) is 7.64. The highest BCUT2D eigenvalue weighted by atomic mass is 16.6. The van der Waals surface area contributed by atoms with Gasteiger partial charge in [0.2, 0.25) is 0 Å². The van der Waals surface area contributed by atoms with E-state index < -0.39 is 6.09 Å². The Hall–Kier alpha value is -2.82. The molecule has 0 spiro atoms. The number of nitrogens with one attached hydrogen (secondary N) is 1. The zero-order chi connectivity index (χ0) is 16.8. The molecule has 3 rings (SSSR count). The number of benzene rings is 2. The van der Waals surface area contributed by atoms with Crippen LogP contribution in [0.15, 0.2) is 54.6 Å². The van der Waals surface area contributed by atoms with Crippen molar-refractivity contribution in [1.82, 2.24) is 5.32 Å². The lowest BCUT2D eigenvalue weighted by atomic mass is 10.0. The minimum absolute atomic E-state index is 0.0380. The number of alkyl carbamates (subject to hydrolysis) is 1. The van der Waals surface area contributed by atoms with Crippen molar-refractivity contribution in [2.24, 2.45) is 0 Å². The Morgan fingerprint density at radius 1 is 1.12 bits per heavy atom. The van der Waals surface area contributed by atoms with Crippen molar-refractivity contribution < 1.29 is 19.1 Å². The molecule has 1 atom stereocenters. The van der Waals surface area contributed by atoms with Crippen LogP contribution in [0, 0.1) is 0 Å². The Balaban J connectivity index is 1.60. The summed E-state index contributed by atoms with van der Waals surface area (Å²) in [7, 11) is 0. The molecule has 2 aromatic carbocycles. The molecule has 124 valence electrons. The third-order valence-electron chi connectivity index (χ3n) is 3.84. The van der Waals surface area contributed by atoms with Crippen molar-refractivity contribution in [2.45, 2.75) is 18.9 Å². The molecule has 1 unspecified atom stereocenters. The summed E-state index contributed by atoms with van der Waals surface area (Å²) in [5, 5.41) is 2.57. The van der Waals surface area contributed by atoms with Crippen molar-refractivity contribution in [1.29, 1.82) is 0 Å². The number of hydrogen-bond donors (Lipinski definition) is 1. The number of carbonyl (C=O) groups is 2. The van der Waals surface area contributed by atoms with Crippen LogP contribution in [0.25, 0.3) is 0 Å².